The van der Waals surface area contributed by atoms with Crippen LogP contribution in [0.3, 0.4) is 0 Å². The third-order valence-electron chi connectivity index (χ3n) is 2.06. The smallest absolute Gasteiger partial charge is 0.00715 e. The maximum Gasteiger partial charge on any atom is 0.00715 e. The van der Waals surface area contributed by atoms with Crippen molar-refractivity contribution >= 4 is 21.6 Å². The Bertz CT molecular complexity index is 154. The number of rotatable bonds is 11. The molecule has 0 fully saturated rings. The lowest BCUT2D eigenvalue weighted by Crippen LogP contribution is -1.75. The van der Waals surface area contributed by atoms with Crippen LogP contribution in [-0.2, 0) is 0 Å². The highest BCUT2D eigenvalue weighted by molar-refractivity contribution is 8.76. The van der Waals surface area contributed by atoms with E-state index in [1.165, 1.54) is 50.0 Å². The van der Waals surface area contributed by atoms with Crippen LogP contribution < -0.4 is 0 Å². The molecule has 0 atom stereocenters. The molecule has 0 saturated heterocycles. The van der Waals surface area contributed by atoms with E-state index in [-0.39, 0.29) is 0 Å². The second kappa shape index (κ2) is 15.2. The molecule has 0 aromatic rings. The van der Waals surface area contributed by atoms with Crippen LogP contribution in [0.1, 0.15) is 52.4 Å². The van der Waals surface area contributed by atoms with E-state index in [0.717, 1.165) is 0 Å². The van der Waals surface area contributed by atoms with Crippen LogP contribution in [-0.4, -0.2) is 11.5 Å². The molecule has 0 heterocycles. The van der Waals surface area contributed by atoms with Crippen molar-refractivity contribution in [3.8, 4) is 0 Å². The summed E-state index contributed by atoms with van der Waals surface area (Å²) in [5, 5.41) is 0. The first-order valence-electron chi connectivity index (χ1n) is 6.46. The molecular formula is C14H26S2. The molecule has 16 heavy (non-hydrogen) atoms. The van der Waals surface area contributed by atoms with Gasteiger partial charge in [0.05, 0.1) is 0 Å². The average molecular weight is 258 g/mol. The molecule has 0 unspecified atom stereocenters. The summed E-state index contributed by atoms with van der Waals surface area (Å²) in [4.78, 5) is 0. The van der Waals surface area contributed by atoms with Crippen LogP contribution in [0.25, 0.3) is 0 Å². The van der Waals surface area contributed by atoms with Gasteiger partial charge in [0.2, 0.25) is 0 Å². The Morgan fingerprint density at radius 2 is 1.00 bits per heavy atom. The van der Waals surface area contributed by atoms with E-state index in [2.05, 4.69) is 38.2 Å². The van der Waals surface area contributed by atoms with Crippen LogP contribution in [0.4, 0.5) is 0 Å². The quantitative estimate of drug-likeness (QED) is 0.258. The summed E-state index contributed by atoms with van der Waals surface area (Å²) in [5.41, 5.74) is 0. The number of hydrogen-bond donors (Lipinski definition) is 0. The molecular weight excluding hydrogens is 232 g/mol. The van der Waals surface area contributed by atoms with Gasteiger partial charge >= 0.3 is 0 Å². The SMILES string of the molecule is CCC/C=C/CCSSCC/C=C/CCC. The van der Waals surface area contributed by atoms with Crippen LogP contribution in [0.5, 0.6) is 0 Å². The molecule has 0 aliphatic heterocycles. The summed E-state index contributed by atoms with van der Waals surface area (Å²) in [7, 11) is 4.01. The van der Waals surface area contributed by atoms with E-state index in [1.807, 2.05) is 21.6 Å². The first kappa shape index (κ1) is 16.2. The van der Waals surface area contributed by atoms with Crippen molar-refractivity contribution in [2.75, 3.05) is 11.5 Å². The summed E-state index contributed by atoms with van der Waals surface area (Å²) < 4.78 is 0. The molecule has 0 amide bonds. The van der Waals surface area contributed by atoms with Gasteiger partial charge < -0.3 is 0 Å². The third-order valence-corrected chi connectivity index (χ3v) is 4.53. The maximum absolute atomic E-state index is 2.32. The van der Waals surface area contributed by atoms with E-state index in [9.17, 15) is 0 Å². The minimum atomic E-state index is 1.23. The normalized spacial score (nSPS) is 11.9. The van der Waals surface area contributed by atoms with Crippen LogP contribution in [0, 0.1) is 0 Å². The Hall–Kier alpha value is 0.180. The van der Waals surface area contributed by atoms with E-state index in [4.69, 9.17) is 0 Å². The fraction of sp³-hybridized carbons (Fsp3) is 0.714. The van der Waals surface area contributed by atoms with Gasteiger partial charge in [0.1, 0.15) is 0 Å². The van der Waals surface area contributed by atoms with Crippen molar-refractivity contribution in [1.82, 2.24) is 0 Å². The second-order valence-electron chi connectivity index (χ2n) is 3.74. The van der Waals surface area contributed by atoms with Gasteiger partial charge in [-0.2, -0.15) is 0 Å². The van der Waals surface area contributed by atoms with Gasteiger partial charge in [-0.05, 0) is 25.7 Å². The molecule has 0 aliphatic rings. The van der Waals surface area contributed by atoms with Crippen molar-refractivity contribution < 1.29 is 0 Å². The Morgan fingerprint density at radius 3 is 1.38 bits per heavy atom. The van der Waals surface area contributed by atoms with E-state index < -0.39 is 0 Å². The highest BCUT2D eigenvalue weighted by Crippen LogP contribution is 2.22. The number of unbranched alkanes of at least 4 members (excludes halogenated alkanes) is 2. The summed E-state index contributed by atoms with van der Waals surface area (Å²) >= 11 is 0. The fourth-order valence-corrected chi connectivity index (χ4v) is 3.14. The van der Waals surface area contributed by atoms with E-state index in [0.29, 0.717) is 0 Å². The van der Waals surface area contributed by atoms with Gasteiger partial charge in [-0.25, -0.2) is 0 Å². The van der Waals surface area contributed by atoms with Crippen LogP contribution in [0.15, 0.2) is 24.3 Å². The topological polar surface area (TPSA) is 0 Å². The average Bonchev–Trinajstić information content (AvgIpc) is 2.31. The van der Waals surface area contributed by atoms with Crippen molar-refractivity contribution in [1.29, 1.82) is 0 Å². The molecule has 0 aromatic heterocycles. The molecule has 0 aromatic carbocycles. The Labute approximate surface area is 110 Å². The minimum Gasteiger partial charge on any atom is -0.0938 e. The fourth-order valence-electron chi connectivity index (χ4n) is 1.15. The molecule has 94 valence electrons. The first-order chi connectivity index (χ1) is 7.91. The third kappa shape index (κ3) is 14.2. The summed E-state index contributed by atoms with van der Waals surface area (Å²) in [5.74, 6) is 2.51. The van der Waals surface area contributed by atoms with Gasteiger partial charge in [0.15, 0.2) is 0 Å². The lowest BCUT2D eigenvalue weighted by Gasteiger charge is -1.96. The lowest BCUT2D eigenvalue weighted by molar-refractivity contribution is 0.952. The second-order valence-corrected chi connectivity index (χ2v) is 6.44. The molecule has 2 heteroatoms. The maximum atomic E-state index is 2.32. The predicted octanol–water partition coefficient (Wildman–Crippen LogP) is 5.86. The monoisotopic (exact) mass is 258 g/mol. The molecule has 0 rings (SSSR count). The Morgan fingerprint density at radius 1 is 0.625 bits per heavy atom. The number of allylic oxidation sites excluding steroid dienone is 4. The molecule has 0 bridgehead atoms. The molecule has 0 aliphatic carbocycles. The van der Waals surface area contributed by atoms with Gasteiger partial charge in [0, 0.05) is 11.5 Å². The Kier molecular flexibility index (Phi) is 15.4. The zero-order chi connectivity index (χ0) is 11.9. The molecule has 0 spiro atoms. The zero-order valence-electron chi connectivity index (χ0n) is 10.8. The van der Waals surface area contributed by atoms with Gasteiger partial charge in [0.25, 0.3) is 0 Å². The minimum absolute atomic E-state index is 1.23. The Balaban J connectivity index is 3.04. The summed E-state index contributed by atoms with van der Waals surface area (Å²) in [6.07, 6.45) is 16.7. The molecule has 0 radical (unpaired) electrons. The summed E-state index contributed by atoms with van der Waals surface area (Å²) in [6, 6.07) is 0. The van der Waals surface area contributed by atoms with Gasteiger partial charge in [-0.15, -0.1) is 0 Å². The molecule has 0 N–H and O–H groups in total. The lowest BCUT2D eigenvalue weighted by atomic mass is 10.3. The van der Waals surface area contributed by atoms with Gasteiger partial charge in [-0.3, -0.25) is 0 Å². The predicted molar refractivity (Wildman–Crippen MR) is 82.2 cm³/mol. The van der Waals surface area contributed by atoms with Crippen molar-refractivity contribution in [2.24, 2.45) is 0 Å². The van der Waals surface area contributed by atoms with Crippen molar-refractivity contribution in [2.45, 2.75) is 52.4 Å². The largest absolute Gasteiger partial charge is 0.0938 e. The highest BCUT2D eigenvalue weighted by atomic mass is 33.1. The molecule has 0 saturated carbocycles. The van der Waals surface area contributed by atoms with Crippen molar-refractivity contribution in [3.63, 3.8) is 0 Å². The highest BCUT2D eigenvalue weighted by Gasteiger charge is 1.87. The zero-order valence-corrected chi connectivity index (χ0v) is 12.4. The number of hydrogen-bond acceptors (Lipinski definition) is 2. The molecule has 0 nitrogen and oxygen atoms in total. The summed E-state index contributed by atoms with van der Waals surface area (Å²) in [6.45, 7) is 4.45. The van der Waals surface area contributed by atoms with Crippen LogP contribution >= 0.6 is 21.6 Å². The van der Waals surface area contributed by atoms with E-state index in [1.54, 1.807) is 0 Å². The van der Waals surface area contributed by atoms with Crippen LogP contribution in [0.2, 0.25) is 0 Å². The van der Waals surface area contributed by atoms with E-state index >= 15 is 0 Å². The van der Waals surface area contributed by atoms with Crippen molar-refractivity contribution in [3.05, 3.63) is 24.3 Å². The first-order valence-corrected chi connectivity index (χ1v) is 8.95. The van der Waals surface area contributed by atoms with Gasteiger partial charge in [-0.1, -0.05) is 72.6 Å². The standard InChI is InChI=1S/C14H26S2/c1-3-5-7-9-11-13-15-16-14-12-10-8-6-4-2/h7-10H,3-6,11-14H2,1-2H3/b9-7+,10-8+.